The lowest BCUT2D eigenvalue weighted by molar-refractivity contribution is -0.915. The molecule has 144 valence electrons. The predicted molar refractivity (Wildman–Crippen MR) is 114 cm³/mol. The molecule has 0 spiro atoms. The summed E-state index contributed by atoms with van der Waals surface area (Å²) in [6.45, 7) is 8.32. The van der Waals surface area contributed by atoms with Crippen molar-refractivity contribution in [3.8, 4) is 0 Å². The Hall–Kier alpha value is -1.26. The van der Waals surface area contributed by atoms with Crippen molar-refractivity contribution in [3.63, 3.8) is 0 Å². The van der Waals surface area contributed by atoms with Crippen LogP contribution in [0.1, 0.15) is 20.3 Å². The van der Waals surface area contributed by atoms with E-state index in [0.717, 1.165) is 53.3 Å². The van der Waals surface area contributed by atoms with Gasteiger partial charge in [-0.25, -0.2) is 0 Å². The normalized spacial score (nSPS) is 24.6. The molecule has 2 heterocycles. The molecule has 5 heteroatoms. The summed E-state index contributed by atoms with van der Waals surface area (Å²) in [5, 5.41) is 14.5. The molecule has 3 nitrogen and oxygen atoms in total. The first kappa shape index (κ1) is 19.1. The number of likely N-dealkylation sites (tertiary alicyclic amines) is 1. The molecule has 1 unspecified atom stereocenters. The summed E-state index contributed by atoms with van der Waals surface area (Å²) >= 11 is 12.5. The number of halogens is 2. The number of aliphatic hydroxyl groups is 1. The van der Waals surface area contributed by atoms with Crippen LogP contribution < -0.4 is 4.90 Å². The van der Waals surface area contributed by atoms with Crippen LogP contribution in [0, 0.1) is 11.8 Å². The van der Waals surface area contributed by atoms with Crippen LogP contribution in [0.15, 0.2) is 36.4 Å². The number of hydrogen-bond donors (Lipinski definition) is 2. The number of hydrogen-bond acceptors (Lipinski definition) is 1. The summed E-state index contributed by atoms with van der Waals surface area (Å²) < 4.78 is 2.21. The highest BCUT2D eigenvalue weighted by Crippen LogP contribution is 2.33. The standard InChI is InChI=1S/C22H26Cl2N2O/c1-14-7-15(2)11-25(10-14)12-18(27)13-26-21-5-3-16(23)8-19(21)20-9-17(24)4-6-22(20)26/h3-6,8-9,14-15,18,27H,7,10-13H2,1-2H3/p+1/t14-,15+,18-/m0/s1. The minimum Gasteiger partial charge on any atom is -0.385 e. The van der Waals surface area contributed by atoms with Crippen LogP contribution in [-0.2, 0) is 6.54 Å². The maximum Gasteiger partial charge on any atom is 0.121 e. The average Bonchev–Trinajstić information content (AvgIpc) is 2.86. The van der Waals surface area contributed by atoms with E-state index in [1.165, 1.54) is 11.3 Å². The molecule has 0 bridgehead atoms. The second-order valence-electron chi connectivity index (χ2n) is 8.40. The Morgan fingerprint density at radius 1 is 1.00 bits per heavy atom. The van der Waals surface area contributed by atoms with Crippen LogP contribution in [0.3, 0.4) is 0 Å². The van der Waals surface area contributed by atoms with Gasteiger partial charge in [0.25, 0.3) is 0 Å². The van der Waals surface area contributed by atoms with Crippen LogP contribution in [0.2, 0.25) is 10.0 Å². The zero-order valence-corrected chi connectivity index (χ0v) is 17.4. The number of aromatic nitrogens is 1. The largest absolute Gasteiger partial charge is 0.385 e. The number of fused-ring (bicyclic) bond motifs is 3. The van der Waals surface area contributed by atoms with E-state index in [-0.39, 0.29) is 6.10 Å². The summed E-state index contributed by atoms with van der Waals surface area (Å²) in [7, 11) is 0. The van der Waals surface area contributed by atoms with Gasteiger partial charge in [-0.1, -0.05) is 37.0 Å². The molecule has 4 rings (SSSR count). The Kier molecular flexibility index (Phi) is 5.39. The average molecular weight is 406 g/mol. The molecular weight excluding hydrogens is 379 g/mol. The van der Waals surface area contributed by atoms with Crippen LogP contribution in [0.25, 0.3) is 21.8 Å². The van der Waals surface area contributed by atoms with Gasteiger partial charge in [0, 0.05) is 43.7 Å². The maximum absolute atomic E-state index is 10.9. The van der Waals surface area contributed by atoms with Gasteiger partial charge in [-0.15, -0.1) is 0 Å². The van der Waals surface area contributed by atoms with E-state index in [1.807, 2.05) is 36.4 Å². The SMILES string of the molecule is C[C@@H]1C[C@H](C)C[NH+](C[C@H](O)Cn2c3ccc(Cl)cc3c3cc(Cl)ccc32)C1. The van der Waals surface area contributed by atoms with Crippen LogP contribution in [0.4, 0.5) is 0 Å². The molecule has 1 saturated heterocycles. The highest BCUT2D eigenvalue weighted by Gasteiger charge is 2.27. The number of benzene rings is 2. The van der Waals surface area contributed by atoms with Crippen LogP contribution in [0.5, 0.6) is 0 Å². The van der Waals surface area contributed by atoms with Crippen LogP contribution >= 0.6 is 23.2 Å². The second kappa shape index (κ2) is 7.63. The van der Waals surface area contributed by atoms with Gasteiger partial charge in [-0.3, -0.25) is 0 Å². The lowest BCUT2D eigenvalue weighted by Gasteiger charge is -2.33. The van der Waals surface area contributed by atoms with Crippen molar-refractivity contribution >= 4 is 45.0 Å². The van der Waals surface area contributed by atoms with Gasteiger partial charge >= 0.3 is 0 Å². The topological polar surface area (TPSA) is 29.6 Å². The molecule has 3 aromatic rings. The number of aliphatic hydroxyl groups excluding tert-OH is 1. The third-order valence-corrected chi connectivity index (χ3v) is 6.26. The Labute approximate surface area is 170 Å². The summed E-state index contributed by atoms with van der Waals surface area (Å²) in [6.07, 6.45) is 0.913. The van der Waals surface area contributed by atoms with E-state index in [9.17, 15) is 5.11 Å². The number of rotatable bonds is 4. The van der Waals surface area contributed by atoms with Crippen molar-refractivity contribution in [3.05, 3.63) is 46.4 Å². The van der Waals surface area contributed by atoms with Crippen LogP contribution in [-0.4, -0.2) is 35.4 Å². The van der Waals surface area contributed by atoms with Gasteiger partial charge in [0.1, 0.15) is 12.6 Å². The number of piperidine rings is 1. The summed E-state index contributed by atoms with van der Waals surface area (Å²) in [5.74, 6) is 1.46. The number of nitrogens with one attached hydrogen (secondary N) is 1. The summed E-state index contributed by atoms with van der Waals surface area (Å²) in [6, 6.07) is 11.9. The zero-order chi connectivity index (χ0) is 19.1. The van der Waals surface area contributed by atoms with Gasteiger partial charge < -0.3 is 14.6 Å². The fourth-order valence-electron chi connectivity index (χ4n) is 4.94. The quantitative estimate of drug-likeness (QED) is 0.674. The molecule has 0 aliphatic carbocycles. The van der Waals surface area contributed by atoms with Crippen molar-refractivity contribution in [2.24, 2.45) is 11.8 Å². The van der Waals surface area contributed by atoms with E-state index in [2.05, 4.69) is 18.4 Å². The Morgan fingerprint density at radius 2 is 1.52 bits per heavy atom. The van der Waals surface area contributed by atoms with Crippen molar-refractivity contribution < 1.29 is 10.0 Å². The zero-order valence-electron chi connectivity index (χ0n) is 15.9. The summed E-state index contributed by atoms with van der Waals surface area (Å²) in [4.78, 5) is 1.51. The van der Waals surface area contributed by atoms with E-state index in [0.29, 0.717) is 16.6 Å². The van der Waals surface area contributed by atoms with E-state index >= 15 is 0 Å². The highest BCUT2D eigenvalue weighted by atomic mass is 35.5. The molecule has 1 aliphatic heterocycles. The predicted octanol–water partition coefficient (Wildman–Crippen LogP) is 4.02. The minimum atomic E-state index is -0.386. The van der Waals surface area contributed by atoms with E-state index in [1.54, 1.807) is 0 Å². The van der Waals surface area contributed by atoms with Crippen molar-refractivity contribution in [1.29, 1.82) is 0 Å². The van der Waals surface area contributed by atoms with Gasteiger partial charge in [0.2, 0.25) is 0 Å². The molecular formula is C22H27Cl2N2O+. The Balaban J connectivity index is 1.64. The van der Waals surface area contributed by atoms with E-state index < -0.39 is 0 Å². The lowest BCUT2D eigenvalue weighted by Crippen LogP contribution is -3.15. The molecule has 0 amide bonds. The first-order valence-electron chi connectivity index (χ1n) is 9.79. The van der Waals surface area contributed by atoms with Gasteiger partial charge in [0.05, 0.1) is 19.6 Å². The monoisotopic (exact) mass is 405 g/mol. The molecule has 27 heavy (non-hydrogen) atoms. The third-order valence-electron chi connectivity index (χ3n) is 5.79. The van der Waals surface area contributed by atoms with Crippen molar-refractivity contribution in [2.45, 2.75) is 32.9 Å². The molecule has 0 saturated carbocycles. The fraction of sp³-hybridized carbons (Fsp3) is 0.455. The van der Waals surface area contributed by atoms with Gasteiger partial charge in [-0.2, -0.15) is 0 Å². The highest BCUT2D eigenvalue weighted by molar-refractivity contribution is 6.33. The second-order valence-corrected chi connectivity index (χ2v) is 9.27. The van der Waals surface area contributed by atoms with Gasteiger partial charge in [0.15, 0.2) is 0 Å². The third kappa shape index (κ3) is 3.97. The molecule has 2 N–H and O–H groups in total. The first-order chi connectivity index (χ1) is 12.9. The number of nitrogens with zero attached hydrogens (tertiary/aromatic N) is 1. The fourth-order valence-corrected chi connectivity index (χ4v) is 5.29. The lowest BCUT2D eigenvalue weighted by atomic mass is 9.92. The van der Waals surface area contributed by atoms with E-state index in [4.69, 9.17) is 23.2 Å². The summed E-state index contributed by atoms with van der Waals surface area (Å²) in [5.41, 5.74) is 2.18. The minimum absolute atomic E-state index is 0.386. The molecule has 1 fully saturated rings. The molecule has 4 atom stereocenters. The smallest absolute Gasteiger partial charge is 0.121 e. The Bertz CT molecular complexity index is 899. The van der Waals surface area contributed by atoms with Gasteiger partial charge in [-0.05, 0) is 42.8 Å². The molecule has 1 aliphatic rings. The maximum atomic E-state index is 10.9. The molecule has 0 radical (unpaired) electrons. The molecule has 1 aromatic heterocycles. The Morgan fingerprint density at radius 3 is 2.04 bits per heavy atom. The van der Waals surface area contributed by atoms with Crippen molar-refractivity contribution in [1.82, 2.24) is 4.57 Å². The first-order valence-corrected chi connectivity index (χ1v) is 10.5. The molecule has 2 aromatic carbocycles. The number of quaternary nitrogens is 1. The van der Waals surface area contributed by atoms with Crippen molar-refractivity contribution in [2.75, 3.05) is 19.6 Å².